The Labute approximate surface area is 253 Å². The summed E-state index contributed by atoms with van der Waals surface area (Å²) in [6.07, 6.45) is 4.65. The van der Waals surface area contributed by atoms with Gasteiger partial charge in [-0.15, -0.1) is 0 Å². The van der Waals surface area contributed by atoms with Crippen LogP contribution < -0.4 is 20.1 Å². The first-order valence-corrected chi connectivity index (χ1v) is 14.2. The van der Waals surface area contributed by atoms with Gasteiger partial charge < -0.3 is 14.8 Å². The number of likely N-dealkylation sites (tertiary alicyclic amines) is 1. The monoisotopic (exact) mass is 599 g/mol. The Morgan fingerprint density at radius 1 is 1.09 bits per heavy atom. The molecule has 44 heavy (non-hydrogen) atoms. The number of nitrogens with zero attached hydrogens (tertiary/aromatic N) is 5. The molecule has 4 aromatic rings. The van der Waals surface area contributed by atoms with Crippen LogP contribution in [-0.2, 0) is 0 Å². The number of carbonyl (C=O) groups excluding carboxylic acids is 1. The molecule has 12 heteroatoms. The van der Waals surface area contributed by atoms with E-state index in [4.69, 9.17) is 14.6 Å². The molecule has 0 radical (unpaired) electrons. The third-order valence-electron chi connectivity index (χ3n) is 8.00. The zero-order valence-electron chi connectivity index (χ0n) is 24.2. The average Bonchev–Trinajstić information content (AvgIpc) is 3.40. The quantitative estimate of drug-likeness (QED) is 0.278. The minimum absolute atomic E-state index is 0.188. The number of urea groups is 1. The van der Waals surface area contributed by atoms with Crippen molar-refractivity contribution in [3.8, 4) is 40.7 Å². The first kappa shape index (κ1) is 29.1. The van der Waals surface area contributed by atoms with E-state index in [0.717, 1.165) is 11.3 Å². The number of methoxy groups -OCH3 is 1. The number of ether oxygens (including phenoxy) is 2. The van der Waals surface area contributed by atoms with Crippen molar-refractivity contribution < 1.29 is 23.0 Å². The molecule has 1 saturated heterocycles. The van der Waals surface area contributed by atoms with Gasteiger partial charge in [-0.25, -0.2) is 28.2 Å². The molecule has 6 rings (SSSR count). The second kappa shape index (κ2) is 12.3. The average molecular weight is 600 g/mol. The van der Waals surface area contributed by atoms with E-state index in [9.17, 15) is 13.6 Å². The first-order valence-electron chi connectivity index (χ1n) is 14.2. The van der Waals surface area contributed by atoms with Gasteiger partial charge in [0.2, 0.25) is 0 Å². The lowest BCUT2D eigenvalue weighted by molar-refractivity contribution is 0.0890. The van der Waals surface area contributed by atoms with Crippen molar-refractivity contribution in [1.29, 1.82) is 0 Å². The lowest BCUT2D eigenvalue weighted by atomic mass is 10.0. The van der Waals surface area contributed by atoms with E-state index < -0.39 is 25.0 Å². The number of hydrogen-bond donors (Lipinski definition) is 2. The molecule has 3 atom stereocenters. The summed E-state index contributed by atoms with van der Waals surface area (Å²) in [7, 11) is 1.49. The molecule has 0 bridgehead atoms. The third kappa shape index (κ3) is 6.18. The fourth-order valence-electron chi connectivity index (χ4n) is 5.72. The van der Waals surface area contributed by atoms with Gasteiger partial charge in [0.15, 0.2) is 0 Å². The van der Waals surface area contributed by atoms with Crippen molar-refractivity contribution in [2.75, 3.05) is 25.5 Å². The topological polar surface area (TPSA) is 106 Å². The lowest BCUT2D eigenvalue weighted by Gasteiger charge is -2.19. The molecule has 1 aliphatic carbocycles. The Hall–Kier alpha value is -5.02. The van der Waals surface area contributed by atoms with Gasteiger partial charge in [-0.1, -0.05) is 36.4 Å². The number of carbonyl (C=O) groups is 1. The molecule has 2 aromatic carbocycles. The molecule has 2 amide bonds. The Morgan fingerprint density at radius 2 is 1.80 bits per heavy atom. The number of para-hydroxylation sites is 2. The molecule has 1 spiro atoms. The van der Waals surface area contributed by atoms with E-state index in [-0.39, 0.29) is 17.5 Å². The number of rotatable bonds is 8. The predicted molar refractivity (Wildman–Crippen MR) is 160 cm³/mol. The van der Waals surface area contributed by atoms with Gasteiger partial charge in [0, 0.05) is 41.5 Å². The standard InChI is InChI=1S/C32H31F2N7O3/c1-21-28(22-17-35-31(43-2)36-18-22)39-41(23-9-5-3-6-10-23)29(21)38-30(42)37-26-16-32(26)15-24(40(20-32)19-27(33)34)13-14-44-25-11-7-4-8-12-25/h3-12,17-18,24,26-27H,15-16,19-20H2,1-2H3,(H2,37,38,42)/t24?,26-,32-/m0/s1. The van der Waals surface area contributed by atoms with Crippen LogP contribution in [0, 0.1) is 24.4 Å². The van der Waals surface area contributed by atoms with Crippen LogP contribution in [0.1, 0.15) is 18.4 Å². The van der Waals surface area contributed by atoms with Crippen molar-refractivity contribution in [3.05, 3.63) is 78.6 Å². The molecule has 2 aromatic heterocycles. The van der Waals surface area contributed by atoms with Gasteiger partial charge >= 0.3 is 12.0 Å². The molecular formula is C32H31F2N7O3. The van der Waals surface area contributed by atoms with E-state index in [0.29, 0.717) is 42.2 Å². The summed E-state index contributed by atoms with van der Waals surface area (Å²) in [6, 6.07) is 17.8. The van der Waals surface area contributed by atoms with Gasteiger partial charge in [0.05, 0.1) is 25.4 Å². The molecule has 3 heterocycles. The number of anilines is 1. The highest BCUT2D eigenvalue weighted by Crippen LogP contribution is 2.55. The Morgan fingerprint density at radius 3 is 2.48 bits per heavy atom. The van der Waals surface area contributed by atoms with E-state index >= 15 is 0 Å². The highest BCUT2D eigenvalue weighted by atomic mass is 19.3. The smallest absolute Gasteiger partial charge is 0.320 e. The Bertz CT molecular complexity index is 1670. The van der Waals surface area contributed by atoms with Crippen LogP contribution in [0.25, 0.3) is 16.9 Å². The van der Waals surface area contributed by atoms with Crippen LogP contribution in [0.2, 0.25) is 0 Å². The normalized spacial score (nSPS) is 20.7. The minimum atomic E-state index is -2.50. The van der Waals surface area contributed by atoms with Gasteiger partial charge in [0.25, 0.3) is 6.43 Å². The van der Waals surface area contributed by atoms with Crippen molar-refractivity contribution in [2.45, 2.75) is 38.3 Å². The number of benzene rings is 2. The summed E-state index contributed by atoms with van der Waals surface area (Å²) in [4.78, 5) is 23.4. The largest absolute Gasteiger partial charge is 0.467 e. The van der Waals surface area contributed by atoms with Crippen LogP contribution in [0.4, 0.5) is 19.4 Å². The predicted octanol–water partition coefficient (Wildman–Crippen LogP) is 4.91. The molecule has 2 N–H and O–H groups in total. The molecule has 10 nitrogen and oxygen atoms in total. The summed E-state index contributed by atoms with van der Waals surface area (Å²) in [6.45, 7) is 1.88. The van der Waals surface area contributed by atoms with Crippen LogP contribution in [0.5, 0.6) is 11.8 Å². The second-order valence-corrected chi connectivity index (χ2v) is 10.9. The number of aromatic nitrogens is 4. The van der Waals surface area contributed by atoms with Crippen molar-refractivity contribution in [1.82, 2.24) is 30.0 Å². The maximum absolute atomic E-state index is 13.4. The van der Waals surface area contributed by atoms with Crippen LogP contribution in [-0.4, -0.2) is 69.4 Å². The molecule has 2 aliphatic rings. The summed E-state index contributed by atoms with van der Waals surface area (Å²) in [5, 5.41) is 10.8. The zero-order valence-corrected chi connectivity index (χ0v) is 24.2. The zero-order chi connectivity index (χ0) is 30.7. The van der Waals surface area contributed by atoms with Gasteiger partial charge in [-0.3, -0.25) is 10.2 Å². The molecule has 1 aliphatic heterocycles. The highest BCUT2D eigenvalue weighted by Gasteiger charge is 2.61. The van der Waals surface area contributed by atoms with Crippen molar-refractivity contribution in [3.63, 3.8) is 0 Å². The third-order valence-corrected chi connectivity index (χ3v) is 8.00. The SMILES string of the molecule is COc1ncc(-c2nn(-c3ccccc3)c(NC(=O)N[C@H]3C[C@]34CC(C#COc3ccccc3)N(CC(F)F)C4)c2C)cn1. The molecule has 1 saturated carbocycles. The van der Waals surface area contributed by atoms with E-state index in [2.05, 4.69) is 32.6 Å². The molecular weight excluding hydrogens is 568 g/mol. The summed E-state index contributed by atoms with van der Waals surface area (Å²) in [5.74, 6) is 4.09. The fourth-order valence-corrected chi connectivity index (χ4v) is 5.72. The summed E-state index contributed by atoms with van der Waals surface area (Å²) < 4.78 is 39.1. The maximum Gasteiger partial charge on any atom is 0.320 e. The number of nitrogens with one attached hydrogen (secondary N) is 2. The lowest BCUT2D eigenvalue weighted by Crippen LogP contribution is -2.36. The van der Waals surface area contributed by atoms with Gasteiger partial charge in [-0.05, 0) is 50.0 Å². The van der Waals surface area contributed by atoms with Crippen LogP contribution in [0.15, 0.2) is 73.1 Å². The molecule has 226 valence electrons. The number of amides is 2. The molecule has 1 unspecified atom stereocenters. The Balaban J connectivity index is 1.17. The fraction of sp³-hybridized carbons (Fsp3) is 0.312. The van der Waals surface area contributed by atoms with E-state index in [1.54, 1.807) is 34.1 Å². The highest BCUT2D eigenvalue weighted by molar-refractivity contribution is 5.91. The molecule has 2 fully saturated rings. The first-order chi connectivity index (χ1) is 21.3. The van der Waals surface area contributed by atoms with E-state index in [1.165, 1.54) is 7.11 Å². The number of alkyl halides is 2. The summed E-state index contributed by atoms with van der Waals surface area (Å²) >= 11 is 0. The summed E-state index contributed by atoms with van der Waals surface area (Å²) in [5.41, 5.74) is 2.41. The second-order valence-electron chi connectivity index (χ2n) is 10.9. The van der Waals surface area contributed by atoms with Crippen molar-refractivity contribution >= 4 is 11.8 Å². The number of hydrogen-bond acceptors (Lipinski definition) is 7. The van der Waals surface area contributed by atoms with Gasteiger partial charge in [0.1, 0.15) is 23.4 Å². The minimum Gasteiger partial charge on any atom is -0.467 e. The van der Waals surface area contributed by atoms with Crippen molar-refractivity contribution in [2.24, 2.45) is 5.41 Å². The number of halogens is 2. The van der Waals surface area contributed by atoms with Gasteiger partial charge in [-0.2, -0.15) is 5.10 Å². The maximum atomic E-state index is 13.4. The van der Waals surface area contributed by atoms with Crippen LogP contribution in [0.3, 0.4) is 0 Å². The van der Waals surface area contributed by atoms with Crippen LogP contribution >= 0.6 is 0 Å². The van der Waals surface area contributed by atoms with E-state index in [1.807, 2.05) is 55.5 Å². The Kier molecular flexibility index (Phi) is 8.13.